The van der Waals surface area contributed by atoms with Gasteiger partial charge in [-0.2, -0.15) is 0 Å². The number of benzene rings is 17. The maximum atomic E-state index is 6.79. The molecule has 4 aliphatic rings. The maximum absolute atomic E-state index is 6.79. The molecule has 6 heterocycles. The average molecular weight is 1530 g/mol. The lowest BCUT2D eigenvalue weighted by Gasteiger charge is -2.30. The molecule has 2 unspecified atom stereocenters. The van der Waals surface area contributed by atoms with Crippen LogP contribution in [0.15, 0.2) is 394 Å². The molecule has 556 valence electrons. The van der Waals surface area contributed by atoms with Gasteiger partial charge >= 0.3 is 0 Å². The number of fused-ring (bicyclic) bond motifs is 34. The van der Waals surface area contributed by atoms with E-state index in [0.717, 1.165) is 143 Å². The summed E-state index contributed by atoms with van der Waals surface area (Å²) >= 11 is 0. The van der Waals surface area contributed by atoms with E-state index in [-0.39, 0.29) is 0 Å². The minimum absolute atomic E-state index is 0.512. The molecule has 0 N–H and O–H groups in total. The normalized spacial score (nSPS) is 14.9. The summed E-state index contributed by atoms with van der Waals surface area (Å²) in [7, 11) is 0. The summed E-state index contributed by atoms with van der Waals surface area (Å²) in [6.07, 6.45) is 0. The van der Waals surface area contributed by atoms with Gasteiger partial charge in [-0.1, -0.05) is 334 Å². The van der Waals surface area contributed by atoms with Gasteiger partial charge in [0.15, 0.2) is 34.9 Å². The lowest BCUT2D eigenvalue weighted by molar-refractivity contribution is 0.668. The predicted molar refractivity (Wildman–Crippen MR) is 479 cm³/mol. The molecule has 2 atom stereocenters. The quantitative estimate of drug-likeness (QED) is 0.152. The lowest BCUT2D eigenvalue weighted by atomic mass is 9.70. The highest BCUT2D eigenvalue weighted by molar-refractivity contribution is 6.17. The third kappa shape index (κ3) is 9.21. The standard InChI is InChI=1S/C58H31N3O3.C52H31N3O/c1-6-24-43-38(17-1)50-40(21-13-26-45(50)58(43)44-25-7-2-18-39(44)51-46(58)31-30-37-34-16-5-10-29-49(34)64-54(37)51)55-59-56(41-22-11-19-35-32-14-3-8-27-47(32)62-52(35)41)61-57(60-55)42-23-12-20-36-33-15-4-9-28-48(33)63-53(36)42;1-3-15-32(16-4-1)49-53-50(33-17-5-2-6-18-33)55-51(54-49)35-20-13-19-34(31-35)36-24-14-27-43-46(36)39-22-7-10-25-41(39)52(43)42-26-11-8-23-40(42)47-44(52)30-29-38-37-21-9-12-28-45(37)56-48(38)47/h1-31H;1-31H. The van der Waals surface area contributed by atoms with Gasteiger partial charge in [0, 0.05) is 76.5 Å². The molecular formula is C110H62N6O4. The second-order valence-corrected chi connectivity index (χ2v) is 31.6. The Bertz CT molecular complexity index is 8150. The van der Waals surface area contributed by atoms with Crippen molar-refractivity contribution in [3.63, 3.8) is 0 Å². The summed E-state index contributed by atoms with van der Waals surface area (Å²) < 4.78 is 26.8. The Morgan fingerprint density at radius 1 is 0.158 bits per heavy atom. The Morgan fingerprint density at radius 3 is 0.867 bits per heavy atom. The zero-order valence-electron chi connectivity index (χ0n) is 64.1. The molecule has 4 aliphatic carbocycles. The fourth-order valence-corrected chi connectivity index (χ4v) is 20.7. The zero-order chi connectivity index (χ0) is 78.5. The lowest BCUT2D eigenvalue weighted by Crippen LogP contribution is -2.25. The Kier molecular flexibility index (Phi) is 13.9. The van der Waals surface area contributed by atoms with Crippen molar-refractivity contribution in [2.24, 2.45) is 0 Å². The smallest absolute Gasteiger partial charge is 0.167 e. The van der Waals surface area contributed by atoms with Crippen LogP contribution in [0.4, 0.5) is 0 Å². The molecule has 0 bridgehead atoms. The SMILES string of the molecule is c1ccc(-c2nc(-c3ccccc3)nc(-c3cccc(-c4cccc5c4-c4ccccc4C54c5ccccc5-c5c4ccc4c5oc5ccccc54)c3)n2)cc1.c1ccc2c(c1)-c1c(-c3nc(-c4cccc5c4oc4ccccc45)nc(-c4cccc5c4oc4ccccc45)n3)cccc1C21c2ccccc2-c2c1ccc1c2oc2ccccc21. The molecule has 0 amide bonds. The average Bonchev–Trinajstić information content (AvgIpc) is 1.50. The summed E-state index contributed by atoms with van der Waals surface area (Å²) in [6.45, 7) is 0. The van der Waals surface area contributed by atoms with Crippen molar-refractivity contribution in [2.45, 2.75) is 10.8 Å². The van der Waals surface area contributed by atoms with Crippen LogP contribution >= 0.6 is 0 Å². The molecule has 6 aromatic heterocycles. The first-order valence-corrected chi connectivity index (χ1v) is 40.6. The van der Waals surface area contributed by atoms with Gasteiger partial charge in [-0.3, -0.25) is 0 Å². The highest BCUT2D eigenvalue weighted by Gasteiger charge is 2.55. The van der Waals surface area contributed by atoms with Crippen LogP contribution in [0, 0.1) is 0 Å². The van der Waals surface area contributed by atoms with Crippen molar-refractivity contribution in [1.82, 2.24) is 29.9 Å². The van der Waals surface area contributed by atoms with Crippen LogP contribution in [-0.2, 0) is 10.8 Å². The first-order chi connectivity index (χ1) is 59.5. The summed E-state index contributed by atoms with van der Waals surface area (Å²) in [5.41, 5.74) is 32.6. The third-order valence-electron chi connectivity index (χ3n) is 25.5. The van der Waals surface area contributed by atoms with E-state index < -0.39 is 10.8 Å². The molecular weight excluding hydrogens is 1470 g/mol. The fraction of sp³-hybridized carbons (Fsp3) is 0.0182. The number of nitrogens with zero attached hydrogens (tertiary/aromatic N) is 6. The third-order valence-corrected chi connectivity index (χ3v) is 25.5. The molecule has 23 aromatic rings. The second-order valence-electron chi connectivity index (χ2n) is 31.6. The summed E-state index contributed by atoms with van der Waals surface area (Å²) in [4.78, 5) is 31.2. The van der Waals surface area contributed by atoms with Crippen molar-refractivity contribution in [3.8, 4) is 124 Å². The van der Waals surface area contributed by atoms with E-state index in [9.17, 15) is 0 Å². The van der Waals surface area contributed by atoms with Crippen molar-refractivity contribution < 1.29 is 17.7 Å². The van der Waals surface area contributed by atoms with Gasteiger partial charge in [0.05, 0.1) is 22.0 Å². The first-order valence-electron chi connectivity index (χ1n) is 40.6. The van der Waals surface area contributed by atoms with Gasteiger partial charge in [-0.05, 0) is 131 Å². The van der Waals surface area contributed by atoms with Gasteiger partial charge in [-0.15, -0.1) is 0 Å². The second kappa shape index (κ2) is 25.2. The molecule has 0 aliphatic heterocycles. The molecule has 10 heteroatoms. The highest BCUT2D eigenvalue weighted by atomic mass is 16.3. The molecule has 0 fully saturated rings. The summed E-state index contributed by atoms with van der Waals surface area (Å²) in [6, 6.07) is 132. The van der Waals surface area contributed by atoms with Gasteiger partial charge < -0.3 is 17.7 Å². The predicted octanol–water partition coefficient (Wildman–Crippen LogP) is 27.7. The molecule has 10 nitrogen and oxygen atoms in total. The molecule has 27 rings (SSSR count). The zero-order valence-corrected chi connectivity index (χ0v) is 64.1. The maximum Gasteiger partial charge on any atom is 0.167 e. The van der Waals surface area contributed by atoms with E-state index in [2.05, 4.69) is 255 Å². The topological polar surface area (TPSA) is 130 Å². The molecule has 17 aromatic carbocycles. The summed E-state index contributed by atoms with van der Waals surface area (Å²) in [5, 5.41) is 8.61. The van der Waals surface area contributed by atoms with Crippen LogP contribution in [0.1, 0.15) is 44.5 Å². The number of furan rings is 4. The Labute approximate surface area is 686 Å². The minimum Gasteiger partial charge on any atom is -0.455 e. The van der Waals surface area contributed by atoms with Crippen molar-refractivity contribution >= 4 is 87.8 Å². The van der Waals surface area contributed by atoms with Crippen LogP contribution in [0.2, 0.25) is 0 Å². The first kappa shape index (κ1) is 66.3. The minimum atomic E-state index is -0.626. The van der Waals surface area contributed by atoms with Crippen molar-refractivity contribution in [2.75, 3.05) is 0 Å². The van der Waals surface area contributed by atoms with Crippen LogP contribution in [0.5, 0.6) is 0 Å². The molecule has 0 saturated heterocycles. The fourth-order valence-electron chi connectivity index (χ4n) is 20.7. The van der Waals surface area contributed by atoms with E-state index in [0.29, 0.717) is 34.9 Å². The highest BCUT2D eigenvalue weighted by Crippen LogP contribution is 2.68. The van der Waals surface area contributed by atoms with Crippen molar-refractivity contribution in [3.05, 3.63) is 421 Å². The van der Waals surface area contributed by atoms with E-state index in [1.54, 1.807) is 0 Å². The van der Waals surface area contributed by atoms with E-state index in [4.69, 9.17) is 47.6 Å². The number of aromatic nitrogens is 6. The Balaban J connectivity index is 0.000000131. The van der Waals surface area contributed by atoms with Crippen LogP contribution in [-0.4, -0.2) is 29.9 Å². The van der Waals surface area contributed by atoms with Gasteiger partial charge in [0.25, 0.3) is 0 Å². The van der Waals surface area contributed by atoms with Gasteiger partial charge in [0.2, 0.25) is 0 Å². The monoisotopic (exact) mass is 1530 g/mol. The number of para-hydroxylation sites is 6. The number of rotatable bonds is 7. The Morgan fingerprint density at radius 2 is 0.425 bits per heavy atom. The van der Waals surface area contributed by atoms with Crippen LogP contribution in [0.3, 0.4) is 0 Å². The molecule has 120 heavy (non-hydrogen) atoms. The Hall–Kier alpha value is -16.0. The number of hydrogen-bond donors (Lipinski definition) is 0. The van der Waals surface area contributed by atoms with E-state index in [1.165, 1.54) is 77.9 Å². The molecule has 2 spiro atoms. The summed E-state index contributed by atoms with van der Waals surface area (Å²) in [5.74, 6) is 3.52. The number of hydrogen-bond acceptors (Lipinski definition) is 10. The van der Waals surface area contributed by atoms with Crippen molar-refractivity contribution in [1.29, 1.82) is 0 Å². The molecule has 0 saturated carbocycles. The van der Waals surface area contributed by atoms with Gasteiger partial charge in [0.1, 0.15) is 44.7 Å². The van der Waals surface area contributed by atoms with E-state index in [1.807, 2.05) is 121 Å². The van der Waals surface area contributed by atoms with E-state index >= 15 is 0 Å². The largest absolute Gasteiger partial charge is 0.455 e. The van der Waals surface area contributed by atoms with Crippen LogP contribution < -0.4 is 0 Å². The molecule has 0 radical (unpaired) electrons. The van der Waals surface area contributed by atoms with Gasteiger partial charge in [-0.25, -0.2) is 29.9 Å². The van der Waals surface area contributed by atoms with Crippen LogP contribution in [0.25, 0.3) is 212 Å².